The fourth-order valence-electron chi connectivity index (χ4n) is 2.21. The minimum Gasteiger partial charge on any atom is -0.384 e. The molecule has 92 valence electrons. The molecule has 0 heterocycles. The van der Waals surface area contributed by atoms with Crippen molar-refractivity contribution in [3.8, 4) is 0 Å². The number of benzene rings is 1. The molecule has 1 nitrogen and oxygen atoms in total. The standard InChI is InChI=1S/C14H16BrIO/c15-11-7-8-13(16)12(9-11)14(17)10-5-3-1-2-4-6-10/h5,7-9,14,17H,1-4,6H2. The van der Waals surface area contributed by atoms with Gasteiger partial charge in [0, 0.05) is 8.04 Å². The van der Waals surface area contributed by atoms with E-state index < -0.39 is 6.10 Å². The highest BCUT2D eigenvalue weighted by Crippen LogP contribution is 2.32. The Hall–Kier alpha value is 0.130. The molecule has 2 rings (SSSR count). The minimum atomic E-state index is -0.433. The molecule has 1 atom stereocenters. The first kappa shape index (κ1) is 13.6. The van der Waals surface area contributed by atoms with Gasteiger partial charge in [-0.25, -0.2) is 0 Å². The van der Waals surface area contributed by atoms with E-state index in [4.69, 9.17) is 0 Å². The lowest BCUT2D eigenvalue weighted by atomic mass is 9.98. The molecule has 0 aliphatic heterocycles. The SMILES string of the molecule is OC(C1=CCCCCC1)c1cc(Br)ccc1I. The lowest BCUT2D eigenvalue weighted by molar-refractivity contribution is 0.209. The molecule has 0 fully saturated rings. The molecule has 1 aliphatic rings. The number of hydrogen-bond donors (Lipinski definition) is 1. The Morgan fingerprint density at radius 1 is 1.24 bits per heavy atom. The number of halogens is 2. The molecule has 0 aromatic heterocycles. The Morgan fingerprint density at radius 3 is 2.88 bits per heavy atom. The van der Waals surface area contributed by atoms with Crippen LogP contribution in [0.25, 0.3) is 0 Å². The van der Waals surface area contributed by atoms with Crippen LogP contribution >= 0.6 is 38.5 Å². The van der Waals surface area contributed by atoms with Crippen LogP contribution in [-0.4, -0.2) is 5.11 Å². The molecule has 0 spiro atoms. The van der Waals surface area contributed by atoms with Crippen molar-refractivity contribution in [1.82, 2.24) is 0 Å². The molecule has 0 saturated carbocycles. The Morgan fingerprint density at radius 2 is 2.06 bits per heavy atom. The normalized spacial score (nSPS) is 18.4. The van der Waals surface area contributed by atoms with E-state index in [-0.39, 0.29) is 0 Å². The van der Waals surface area contributed by atoms with Crippen LogP contribution in [0.1, 0.15) is 43.8 Å². The van der Waals surface area contributed by atoms with Crippen molar-refractivity contribution in [2.45, 2.75) is 38.2 Å². The topological polar surface area (TPSA) is 20.2 Å². The van der Waals surface area contributed by atoms with E-state index in [1.165, 1.54) is 24.8 Å². The minimum absolute atomic E-state index is 0.433. The van der Waals surface area contributed by atoms with Crippen LogP contribution in [0.4, 0.5) is 0 Å². The van der Waals surface area contributed by atoms with Gasteiger partial charge in [-0.3, -0.25) is 0 Å². The van der Waals surface area contributed by atoms with Gasteiger partial charge in [-0.15, -0.1) is 0 Å². The van der Waals surface area contributed by atoms with Crippen molar-refractivity contribution in [3.05, 3.63) is 43.5 Å². The lowest BCUT2D eigenvalue weighted by Gasteiger charge is -2.16. The van der Waals surface area contributed by atoms with Crippen molar-refractivity contribution < 1.29 is 5.11 Å². The smallest absolute Gasteiger partial charge is 0.101 e. The Balaban J connectivity index is 2.26. The molecule has 1 aromatic rings. The quantitative estimate of drug-likeness (QED) is 0.542. The van der Waals surface area contributed by atoms with Gasteiger partial charge >= 0.3 is 0 Å². The molecule has 17 heavy (non-hydrogen) atoms. The monoisotopic (exact) mass is 406 g/mol. The first-order chi connectivity index (χ1) is 8.18. The summed E-state index contributed by atoms with van der Waals surface area (Å²) in [6.45, 7) is 0. The molecule has 0 bridgehead atoms. The number of hydrogen-bond acceptors (Lipinski definition) is 1. The van der Waals surface area contributed by atoms with Crippen LogP contribution in [0.2, 0.25) is 0 Å². The van der Waals surface area contributed by atoms with E-state index in [1.807, 2.05) is 18.2 Å². The maximum absolute atomic E-state index is 10.5. The first-order valence-electron chi connectivity index (χ1n) is 6.00. The van der Waals surface area contributed by atoms with E-state index in [0.717, 1.165) is 26.4 Å². The van der Waals surface area contributed by atoms with Crippen LogP contribution in [0, 0.1) is 3.57 Å². The maximum atomic E-state index is 10.5. The molecule has 0 radical (unpaired) electrons. The zero-order valence-corrected chi connectivity index (χ0v) is 13.4. The second-order valence-electron chi connectivity index (χ2n) is 4.45. The fraction of sp³-hybridized carbons (Fsp3) is 0.429. The van der Waals surface area contributed by atoms with Gasteiger partial charge in [0.15, 0.2) is 0 Å². The van der Waals surface area contributed by atoms with Crippen molar-refractivity contribution in [1.29, 1.82) is 0 Å². The Bertz CT molecular complexity index is 428. The molecule has 1 aliphatic carbocycles. The lowest BCUT2D eigenvalue weighted by Crippen LogP contribution is -2.03. The van der Waals surface area contributed by atoms with Gasteiger partial charge in [0.05, 0.1) is 0 Å². The second-order valence-corrected chi connectivity index (χ2v) is 6.52. The highest BCUT2D eigenvalue weighted by molar-refractivity contribution is 14.1. The van der Waals surface area contributed by atoms with Gasteiger partial charge in [-0.2, -0.15) is 0 Å². The fourth-order valence-corrected chi connectivity index (χ4v) is 3.22. The van der Waals surface area contributed by atoms with E-state index in [0.29, 0.717) is 0 Å². The van der Waals surface area contributed by atoms with Gasteiger partial charge in [0.1, 0.15) is 6.10 Å². The number of aliphatic hydroxyl groups excluding tert-OH is 1. The van der Waals surface area contributed by atoms with E-state index in [1.54, 1.807) is 0 Å². The molecular weight excluding hydrogens is 391 g/mol. The largest absolute Gasteiger partial charge is 0.384 e. The summed E-state index contributed by atoms with van der Waals surface area (Å²) >= 11 is 5.76. The van der Waals surface area contributed by atoms with Crippen molar-refractivity contribution in [2.75, 3.05) is 0 Å². The Labute approximate surface area is 125 Å². The van der Waals surface area contributed by atoms with Crippen LogP contribution < -0.4 is 0 Å². The van der Waals surface area contributed by atoms with Crippen LogP contribution in [0.15, 0.2) is 34.3 Å². The van der Waals surface area contributed by atoms with Gasteiger partial charge < -0.3 is 5.11 Å². The third kappa shape index (κ3) is 3.55. The van der Waals surface area contributed by atoms with Crippen molar-refractivity contribution >= 4 is 38.5 Å². The highest BCUT2D eigenvalue weighted by atomic mass is 127. The number of allylic oxidation sites excluding steroid dienone is 1. The van der Waals surface area contributed by atoms with Gasteiger partial charge in [-0.1, -0.05) is 28.4 Å². The molecule has 0 saturated heterocycles. The highest BCUT2D eigenvalue weighted by Gasteiger charge is 2.17. The Kier molecular flexibility index (Phi) is 5.06. The molecule has 1 unspecified atom stereocenters. The van der Waals surface area contributed by atoms with Gasteiger partial charge in [0.25, 0.3) is 0 Å². The summed E-state index contributed by atoms with van der Waals surface area (Å²) in [7, 11) is 0. The second kappa shape index (κ2) is 6.34. The summed E-state index contributed by atoms with van der Waals surface area (Å²) in [6.07, 6.45) is 7.68. The number of rotatable bonds is 2. The average molecular weight is 407 g/mol. The molecular formula is C14H16BrIO. The maximum Gasteiger partial charge on any atom is 0.101 e. The summed E-state index contributed by atoms with van der Waals surface area (Å²) in [4.78, 5) is 0. The zero-order valence-electron chi connectivity index (χ0n) is 9.63. The van der Waals surface area contributed by atoms with Crippen LogP contribution in [-0.2, 0) is 0 Å². The molecule has 3 heteroatoms. The van der Waals surface area contributed by atoms with Crippen molar-refractivity contribution in [2.24, 2.45) is 0 Å². The van der Waals surface area contributed by atoms with Gasteiger partial charge in [-0.05, 0) is 77.6 Å². The van der Waals surface area contributed by atoms with E-state index >= 15 is 0 Å². The average Bonchev–Trinajstić information content (AvgIpc) is 2.60. The summed E-state index contributed by atoms with van der Waals surface area (Å²) < 4.78 is 2.16. The summed E-state index contributed by atoms with van der Waals surface area (Å²) in [5, 5.41) is 10.5. The van der Waals surface area contributed by atoms with Gasteiger partial charge in [0.2, 0.25) is 0 Å². The molecule has 1 N–H and O–H groups in total. The van der Waals surface area contributed by atoms with Crippen LogP contribution in [0.5, 0.6) is 0 Å². The predicted molar refractivity (Wildman–Crippen MR) is 83.0 cm³/mol. The van der Waals surface area contributed by atoms with E-state index in [2.05, 4.69) is 44.6 Å². The first-order valence-corrected chi connectivity index (χ1v) is 7.87. The molecule has 1 aromatic carbocycles. The summed E-state index contributed by atoms with van der Waals surface area (Å²) in [5.41, 5.74) is 2.21. The zero-order chi connectivity index (χ0) is 12.3. The predicted octanol–water partition coefficient (Wildman–Crippen LogP) is 4.98. The van der Waals surface area contributed by atoms with E-state index in [9.17, 15) is 5.11 Å². The third-order valence-corrected chi connectivity index (χ3v) is 4.66. The number of aliphatic hydroxyl groups is 1. The third-order valence-electron chi connectivity index (χ3n) is 3.18. The molecule has 0 amide bonds. The van der Waals surface area contributed by atoms with Crippen LogP contribution in [0.3, 0.4) is 0 Å². The summed E-state index contributed by atoms with van der Waals surface area (Å²) in [6, 6.07) is 6.08. The summed E-state index contributed by atoms with van der Waals surface area (Å²) in [5.74, 6) is 0. The van der Waals surface area contributed by atoms with Crippen molar-refractivity contribution in [3.63, 3.8) is 0 Å².